The monoisotopic (exact) mass is 1590 g/mol. The molecule has 115 heavy (non-hydrogen) atoms. The van der Waals surface area contributed by atoms with Gasteiger partial charge in [0.05, 0.1) is 38.9 Å². The van der Waals surface area contributed by atoms with Crippen LogP contribution >= 0.6 is 0 Å². The summed E-state index contributed by atoms with van der Waals surface area (Å²) in [6.07, 6.45) is -40.9. The zero-order valence-electron chi connectivity index (χ0n) is 62.0. The molecule has 604 valence electrons. The highest BCUT2D eigenvalue weighted by molar-refractivity contribution is 6.21. The Hall–Kier alpha value is -12.4. The standard InChI is InChI=1S/C79H76N4O32/c1-40(84)98-37-55-59(113-79-68(105-45(6)89)65(104-44(5)88)60(102-42(3)86)56(109-79)38-99-41(2)85)62(103-43(4)87)57(83-70(91)51-34-22-23-35-52(51)71(83)92)77(108-55)115-63-58(90)53(36-100-72(93)46-24-12-7-13-25-46)107-78(67(63)112-76(97)50-32-20-11-21-33-50)114-61-54(39-101-73(94)47-26-14-8-15-27-47)106-69(81-82-80)66(111-75(96)49-30-18-10-19-31-49)64(61)110-74(95)48-28-16-9-17-29-48/h7-35,53-69,77-79,90H,36-39H2,1-6H3/t53-,54-,55-,56-,57-,58+,59-,60+,61-,62-,63+,64+,65+,66-,67-,68-,69-,77+,78+,79+/m1/s1. The van der Waals surface area contributed by atoms with E-state index in [0.717, 1.165) is 41.5 Å². The summed E-state index contributed by atoms with van der Waals surface area (Å²) in [5.74, 6) is -14.3. The molecule has 1 N–H and O–H groups in total. The van der Waals surface area contributed by atoms with Crippen molar-refractivity contribution >= 4 is 77.5 Å². The number of hydrogen-bond donors (Lipinski definition) is 1. The predicted octanol–water partition coefficient (Wildman–Crippen LogP) is 5.62. The van der Waals surface area contributed by atoms with E-state index in [1.54, 1.807) is 24.3 Å². The fraction of sp³-hybridized carbons (Fsp3) is 0.380. The predicted molar refractivity (Wildman–Crippen MR) is 381 cm³/mol. The number of carbonyl (C=O) groups is 13. The maximum absolute atomic E-state index is 15.4. The molecule has 5 aliphatic rings. The zero-order valence-corrected chi connectivity index (χ0v) is 62.0. The van der Waals surface area contributed by atoms with Gasteiger partial charge in [-0.1, -0.05) is 108 Å². The molecule has 5 aliphatic heterocycles. The Morgan fingerprint density at radius 1 is 0.348 bits per heavy atom. The Bertz CT molecular complexity index is 4540. The molecule has 0 unspecified atom stereocenters. The number of benzene rings is 6. The lowest BCUT2D eigenvalue weighted by molar-refractivity contribution is -0.378. The van der Waals surface area contributed by atoms with Gasteiger partial charge in [-0.15, -0.1) is 0 Å². The van der Waals surface area contributed by atoms with Crippen LogP contribution in [-0.2, 0) is 114 Å². The SMILES string of the molecule is CC(=O)OC[C@H]1O[C@@H](O[C@H]2[C@H](OC(C)=O)[C@@H](N3C(=O)c4ccccc4C3=O)[C@H](O[C@H]3[C@@H](O)[C@@H](COC(=O)c4ccccc4)O[C@@H](O[C@H]4[C@H](OC(=O)c5ccccc5)[C@@H](OC(=O)c5ccccc5)[C@H](N=[N+]=[N-])O[C@@H]4COC(=O)c4ccccc4)[C@@H]3OC(=O)c3ccccc3)O[C@@H]2COC(C)=O)[C@H](OC(C)=O)[C@@H](OC(C)=O)[C@H]1OC(C)=O. The van der Waals surface area contributed by atoms with E-state index in [-0.39, 0.29) is 38.9 Å². The molecule has 0 aliphatic carbocycles. The van der Waals surface area contributed by atoms with Crippen LogP contribution in [0.25, 0.3) is 10.4 Å². The molecule has 36 nitrogen and oxygen atoms in total. The van der Waals surface area contributed by atoms with Crippen LogP contribution in [0, 0.1) is 0 Å². The average molecular weight is 1590 g/mol. The second kappa shape index (κ2) is 38.4. The van der Waals surface area contributed by atoms with Gasteiger partial charge in [0, 0.05) is 46.5 Å². The maximum atomic E-state index is 15.4. The smallest absolute Gasteiger partial charge is 0.338 e. The summed E-state index contributed by atoms with van der Waals surface area (Å²) in [5.41, 5.74) is 9.16. The van der Waals surface area contributed by atoms with Gasteiger partial charge in [0.1, 0.15) is 81.3 Å². The van der Waals surface area contributed by atoms with Crippen molar-refractivity contribution < 1.29 is 153 Å². The molecule has 4 fully saturated rings. The number of imide groups is 1. The summed E-state index contributed by atoms with van der Waals surface area (Å²) in [6, 6.07) is 39.3. The summed E-state index contributed by atoms with van der Waals surface area (Å²) >= 11 is 0. The Morgan fingerprint density at radius 2 is 0.661 bits per heavy atom. The highest BCUT2D eigenvalue weighted by Crippen LogP contribution is 2.42. The topological polar surface area (TPSA) is 460 Å². The molecule has 4 saturated heterocycles. The summed E-state index contributed by atoms with van der Waals surface area (Å²) < 4.78 is 112. The number of carbonyl (C=O) groups excluding carboxylic acids is 13. The Balaban J connectivity index is 1.11. The van der Waals surface area contributed by atoms with E-state index in [1.807, 2.05) is 0 Å². The first-order chi connectivity index (χ1) is 55.3. The van der Waals surface area contributed by atoms with Gasteiger partial charge in [0.15, 0.2) is 67.8 Å². The highest BCUT2D eigenvalue weighted by Gasteiger charge is 2.63. The molecule has 0 spiro atoms. The third-order valence-corrected chi connectivity index (χ3v) is 18.2. The van der Waals surface area contributed by atoms with Crippen molar-refractivity contribution in [3.05, 3.63) is 225 Å². The van der Waals surface area contributed by atoms with Crippen molar-refractivity contribution in [2.45, 2.75) is 164 Å². The zero-order chi connectivity index (χ0) is 82.1. The van der Waals surface area contributed by atoms with E-state index in [0.29, 0.717) is 4.90 Å². The number of hydrogen-bond acceptors (Lipinski definition) is 33. The molecular formula is C79H76N4O32. The highest BCUT2D eigenvalue weighted by atomic mass is 16.8. The van der Waals surface area contributed by atoms with Gasteiger partial charge in [0.2, 0.25) is 0 Å². The van der Waals surface area contributed by atoms with E-state index in [2.05, 4.69) is 10.0 Å². The number of amides is 2. The number of fused-ring (bicyclic) bond motifs is 1. The van der Waals surface area contributed by atoms with Crippen molar-refractivity contribution in [1.29, 1.82) is 0 Å². The number of ether oxygens (including phenoxy) is 18. The lowest BCUT2D eigenvalue weighted by Gasteiger charge is -2.52. The van der Waals surface area contributed by atoms with Crippen molar-refractivity contribution in [3.63, 3.8) is 0 Å². The van der Waals surface area contributed by atoms with Crippen molar-refractivity contribution in [2.24, 2.45) is 5.11 Å². The van der Waals surface area contributed by atoms with Crippen molar-refractivity contribution in [2.75, 3.05) is 26.4 Å². The molecule has 36 heteroatoms. The minimum atomic E-state index is -2.50. The summed E-state index contributed by atoms with van der Waals surface area (Å²) in [6.45, 7) is 1.84. The van der Waals surface area contributed by atoms with Crippen LogP contribution in [0.15, 0.2) is 181 Å². The van der Waals surface area contributed by atoms with Gasteiger partial charge < -0.3 is 90.4 Å². The average Bonchev–Trinajstić information content (AvgIpc) is 1.70. The summed E-state index contributed by atoms with van der Waals surface area (Å²) in [4.78, 5) is 186. The van der Waals surface area contributed by atoms with Crippen LogP contribution < -0.4 is 0 Å². The first-order valence-electron chi connectivity index (χ1n) is 35.7. The molecule has 11 rings (SSSR count). The molecule has 2 amide bonds. The molecule has 0 radical (unpaired) electrons. The number of aliphatic hydroxyl groups is 1. The Labute approximate surface area is 653 Å². The van der Waals surface area contributed by atoms with Gasteiger partial charge in [0.25, 0.3) is 11.8 Å². The molecule has 0 bridgehead atoms. The van der Waals surface area contributed by atoms with Crippen LogP contribution in [-0.4, -0.2) is 237 Å². The Morgan fingerprint density at radius 3 is 1.10 bits per heavy atom. The molecule has 0 saturated carbocycles. The van der Waals surface area contributed by atoms with Crippen LogP contribution in [0.1, 0.15) is 114 Å². The number of azide groups is 1. The molecule has 6 aromatic carbocycles. The van der Waals surface area contributed by atoms with Gasteiger partial charge in [-0.3, -0.25) is 43.3 Å². The fourth-order valence-corrected chi connectivity index (χ4v) is 13.3. The fourth-order valence-electron chi connectivity index (χ4n) is 13.3. The number of rotatable bonds is 28. The van der Waals surface area contributed by atoms with Crippen LogP contribution in [0.5, 0.6) is 0 Å². The van der Waals surface area contributed by atoms with Crippen LogP contribution in [0.3, 0.4) is 0 Å². The van der Waals surface area contributed by atoms with E-state index in [9.17, 15) is 58.6 Å². The molecule has 6 aromatic rings. The van der Waals surface area contributed by atoms with Gasteiger partial charge >= 0.3 is 65.7 Å². The first kappa shape index (κ1) is 83.6. The van der Waals surface area contributed by atoms with Crippen molar-refractivity contribution in [3.8, 4) is 0 Å². The van der Waals surface area contributed by atoms with E-state index in [4.69, 9.17) is 85.3 Å². The van der Waals surface area contributed by atoms with Crippen molar-refractivity contribution in [1.82, 2.24) is 4.90 Å². The van der Waals surface area contributed by atoms with Crippen LogP contribution in [0.2, 0.25) is 0 Å². The number of nitrogens with zero attached hydrogens (tertiary/aromatic N) is 4. The first-order valence-corrected chi connectivity index (χ1v) is 35.7. The molecule has 20 atom stereocenters. The minimum Gasteiger partial charge on any atom is -0.463 e. The number of aliphatic hydroxyl groups excluding tert-OH is 1. The number of esters is 11. The normalized spacial score (nSPS) is 27.4. The maximum Gasteiger partial charge on any atom is 0.338 e. The van der Waals surface area contributed by atoms with E-state index < -0.39 is 227 Å². The third-order valence-electron chi connectivity index (χ3n) is 18.2. The Kier molecular flexibility index (Phi) is 27.9. The second-order valence-electron chi connectivity index (χ2n) is 26.2. The van der Waals surface area contributed by atoms with Gasteiger partial charge in [-0.2, -0.15) is 0 Å². The lowest BCUT2D eigenvalue weighted by atomic mass is 9.93. The second-order valence-corrected chi connectivity index (χ2v) is 26.2. The summed E-state index contributed by atoms with van der Waals surface area (Å²) in [5, 5.41) is 17.2. The van der Waals surface area contributed by atoms with E-state index in [1.165, 1.54) is 152 Å². The van der Waals surface area contributed by atoms with E-state index >= 15 is 14.4 Å². The molecule has 0 aromatic heterocycles. The third kappa shape index (κ3) is 20.5. The minimum absolute atomic E-state index is 0.0106. The molecule has 5 heterocycles. The quantitative estimate of drug-likeness (QED) is 0.0155. The van der Waals surface area contributed by atoms with Gasteiger partial charge in [-0.05, 0) is 78.3 Å². The largest absolute Gasteiger partial charge is 0.463 e. The lowest BCUT2D eigenvalue weighted by Crippen LogP contribution is -2.71. The summed E-state index contributed by atoms with van der Waals surface area (Å²) in [7, 11) is 0. The van der Waals surface area contributed by atoms with Gasteiger partial charge in [-0.25, -0.2) is 24.0 Å². The molecular weight excluding hydrogens is 1520 g/mol. The van der Waals surface area contributed by atoms with Crippen LogP contribution in [0.4, 0.5) is 0 Å².